The van der Waals surface area contributed by atoms with Crippen molar-refractivity contribution >= 4 is 23.6 Å². The van der Waals surface area contributed by atoms with E-state index >= 15 is 0 Å². The number of hydrogen-bond acceptors (Lipinski definition) is 4. The largest absolute Gasteiger partial charge is 0.444 e. The zero-order valence-corrected chi connectivity index (χ0v) is 20.0. The highest BCUT2D eigenvalue weighted by atomic mass is 16.6. The molecule has 0 aliphatic heterocycles. The van der Waals surface area contributed by atoms with Gasteiger partial charge in [0.2, 0.25) is 11.8 Å². The molecule has 3 N–H and O–H groups in total. The third kappa shape index (κ3) is 6.49. The molecule has 0 aromatic heterocycles. The second kappa shape index (κ2) is 9.35. The van der Waals surface area contributed by atoms with Gasteiger partial charge in [-0.3, -0.25) is 9.59 Å². The SMILES string of the molecule is CC(C)(C)OC(=O)NCC(=O)NCc1ccc(NC(=O)CC23CC4CC(CC(C4)C2)C3)cc1. The highest BCUT2D eigenvalue weighted by molar-refractivity contribution is 5.91. The highest BCUT2D eigenvalue weighted by Gasteiger charge is 2.51. The maximum atomic E-state index is 12.8. The highest BCUT2D eigenvalue weighted by Crippen LogP contribution is 2.61. The lowest BCUT2D eigenvalue weighted by molar-refractivity contribution is -0.124. The first kappa shape index (κ1) is 23.6. The molecule has 0 radical (unpaired) electrons. The number of nitrogens with one attached hydrogen (secondary N) is 3. The fraction of sp³-hybridized carbons (Fsp3) is 0.654. The summed E-state index contributed by atoms with van der Waals surface area (Å²) in [6.45, 7) is 5.50. The van der Waals surface area contributed by atoms with Crippen LogP contribution in [0.5, 0.6) is 0 Å². The molecule has 7 nitrogen and oxygen atoms in total. The van der Waals surface area contributed by atoms with Crippen molar-refractivity contribution in [2.45, 2.75) is 77.9 Å². The van der Waals surface area contributed by atoms with Crippen molar-refractivity contribution in [3.8, 4) is 0 Å². The third-order valence-corrected chi connectivity index (χ3v) is 7.22. The molecule has 0 unspecified atom stereocenters. The summed E-state index contributed by atoms with van der Waals surface area (Å²) < 4.78 is 5.11. The van der Waals surface area contributed by atoms with E-state index in [0.29, 0.717) is 13.0 Å². The van der Waals surface area contributed by atoms with Crippen LogP contribution in [0.25, 0.3) is 0 Å². The van der Waals surface area contributed by atoms with E-state index in [1.54, 1.807) is 20.8 Å². The molecule has 0 spiro atoms. The number of ether oxygens (including phenoxy) is 1. The molecule has 0 saturated heterocycles. The topological polar surface area (TPSA) is 96.5 Å². The molecule has 7 heteroatoms. The van der Waals surface area contributed by atoms with Crippen molar-refractivity contribution in [3.63, 3.8) is 0 Å². The molecule has 0 atom stereocenters. The van der Waals surface area contributed by atoms with Gasteiger partial charge in [0, 0.05) is 18.7 Å². The molecule has 180 valence electrons. The van der Waals surface area contributed by atoms with Gasteiger partial charge < -0.3 is 20.7 Å². The van der Waals surface area contributed by atoms with Gasteiger partial charge in [0.25, 0.3) is 0 Å². The molecule has 3 amide bonds. The number of carbonyl (C=O) groups excluding carboxylic acids is 3. The van der Waals surface area contributed by atoms with Crippen LogP contribution in [-0.4, -0.2) is 30.1 Å². The lowest BCUT2D eigenvalue weighted by atomic mass is 9.49. The van der Waals surface area contributed by atoms with Crippen molar-refractivity contribution in [2.75, 3.05) is 11.9 Å². The molecule has 4 fully saturated rings. The van der Waals surface area contributed by atoms with Crippen LogP contribution in [-0.2, 0) is 20.9 Å². The van der Waals surface area contributed by atoms with Crippen LogP contribution in [0.1, 0.15) is 71.3 Å². The van der Waals surface area contributed by atoms with E-state index in [2.05, 4.69) is 16.0 Å². The Hall–Kier alpha value is -2.57. The Kier molecular flexibility index (Phi) is 6.68. The lowest BCUT2D eigenvalue weighted by Crippen LogP contribution is -2.47. The van der Waals surface area contributed by atoms with Gasteiger partial charge in [-0.15, -0.1) is 0 Å². The predicted octanol–water partition coefficient (Wildman–Crippen LogP) is 4.37. The van der Waals surface area contributed by atoms with Crippen LogP contribution in [0, 0.1) is 23.2 Å². The predicted molar refractivity (Wildman–Crippen MR) is 126 cm³/mol. The Morgan fingerprint density at radius 3 is 2.03 bits per heavy atom. The van der Waals surface area contributed by atoms with E-state index in [1.807, 2.05) is 24.3 Å². The number of hydrogen-bond donors (Lipinski definition) is 3. The van der Waals surface area contributed by atoms with Crippen molar-refractivity contribution in [1.29, 1.82) is 0 Å². The summed E-state index contributed by atoms with van der Waals surface area (Å²) in [5, 5.41) is 8.28. The maximum absolute atomic E-state index is 12.8. The Morgan fingerprint density at radius 2 is 1.48 bits per heavy atom. The molecular weight excluding hydrogens is 418 g/mol. The number of alkyl carbamates (subject to hydrolysis) is 1. The Bertz CT molecular complexity index is 853. The summed E-state index contributed by atoms with van der Waals surface area (Å²) in [6, 6.07) is 7.53. The fourth-order valence-electron chi connectivity index (χ4n) is 6.49. The Morgan fingerprint density at radius 1 is 0.909 bits per heavy atom. The second-order valence-corrected chi connectivity index (χ2v) is 11.5. The van der Waals surface area contributed by atoms with E-state index in [9.17, 15) is 14.4 Å². The van der Waals surface area contributed by atoms with Gasteiger partial charge in [-0.25, -0.2) is 4.79 Å². The van der Waals surface area contributed by atoms with Crippen molar-refractivity contribution in [1.82, 2.24) is 10.6 Å². The van der Waals surface area contributed by atoms with E-state index in [0.717, 1.165) is 29.0 Å². The van der Waals surface area contributed by atoms with Crippen LogP contribution in [0.15, 0.2) is 24.3 Å². The van der Waals surface area contributed by atoms with Gasteiger partial charge in [-0.05, 0) is 100 Å². The summed E-state index contributed by atoms with van der Waals surface area (Å²) in [6.07, 6.45) is 7.86. The van der Waals surface area contributed by atoms with Crippen LogP contribution in [0.2, 0.25) is 0 Å². The van der Waals surface area contributed by atoms with Gasteiger partial charge in [0.15, 0.2) is 0 Å². The van der Waals surface area contributed by atoms with Crippen LogP contribution >= 0.6 is 0 Å². The second-order valence-electron chi connectivity index (χ2n) is 11.5. The summed E-state index contributed by atoms with van der Waals surface area (Å²) in [5.41, 5.74) is 1.33. The molecule has 4 saturated carbocycles. The third-order valence-electron chi connectivity index (χ3n) is 7.22. The standard InChI is InChI=1S/C26H37N3O4/c1-25(2,3)33-24(32)28-16-23(31)27-15-17-4-6-21(7-5-17)29-22(30)14-26-11-18-8-19(12-26)10-20(9-18)13-26/h4-7,18-20H,8-16H2,1-3H3,(H,27,31)(H,28,32)(H,29,30). The van der Waals surface area contributed by atoms with Crippen molar-refractivity contribution < 1.29 is 19.1 Å². The van der Waals surface area contributed by atoms with Crippen molar-refractivity contribution in [2.24, 2.45) is 23.2 Å². The van der Waals surface area contributed by atoms with Crippen LogP contribution in [0.3, 0.4) is 0 Å². The minimum Gasteiger partial charge on any atom is -0.444 e. The number of rotatable bonds is 7. The molecular formula is C26H37N3O4. The minimum atomic E-state index is -0.619. The van der Waals surface area contributed by atoms with E-state index < -0.39 is 11.7 Å². The molecule has 0 heterocycles. The Labute approximate surface area is 196 Å². The fourth-order valence-corrected chi connectivity index (χ4v) is 6.49. The van der Waals surface area contributed by atoms with Gasteiger partial charge in [0.05, 0.1) is 0 Å². The van der Waals surface area contributed by atoms with E-state index in [1.165, 1.54) is 38.5 Å². The summed E-state index contributed by atoms with van der Waals surface area (Å²) in [5.74, 6) is 2.36. The Balaban J connectivity index is 1.19. The van der Waals surface area contributed by atoms with Gasteiger partial charge >= 0.3 is 6.09 Å². The lowest BCUT2D eigenvalue weighted by Gasteiger charge is -2.56. The number of amides is 3. The quantitative estimate of drug-likeness (QED) is 0.569. The van der Waals surface area contributed by atoms with Crippen LogP contribution in [0.4, 0.5) is 10.5 Å². The van der Waals surface area contributed by atoms with E-state index in [4.69, 9.17) is 4.74 Å². The first-order chi connectivity index (χ1) is 15.6. The average molecular weight is 456 g/mol. The normalized spacial score (nSPS) is 27.7. The zero-order chi connectivity index (χ0) is 23.6. The summed E-state index contributed by atoms with van der Waals surface area (Å²) in [4.78, 5) is 36.4. The van der Waals surface area contributed by atoms with Gasteiger partial charge in [-0.2, -0.15) is 0 Å². The monoisotopic (exact) mass is 455 g/mol. The average Bonchev–Trinajstić information content (AvgIpc) is 2.69. The number of carbonyl (C=O) groups is 3. The molecule has 1 aromatic carbocycles. The molecule has 5 rings (SSSR count). The summed E-state index contributed by atoms with van der Waals surface area (Å²) in [7, 11) is 0. The van der Waals surface area contributed by atoms with Crippen LogP contribution < -0.4 is 16.0 Å². The summed E-state index contributed by atoms with van der Waals surface area (Å²) >= 11 is 0. The van der Waals surface area contributed by atoms with Gasteiger partial charge in [0.1, 0.15) is 12.1 Å². The molecule has 1 aromatic rings. The smallest absolute Gasteiger partial charge is 0.408 e. The van der Waals surface area contributed by atoms with E-state index in [-0.39, 0.29) is 23.8 Å². The maximum Gasteiger partial charge on any atom is 0.408 e. The molecule has 33 heavy (non-hydrogen) atoms. The number of anilines is 1. The first-order valence-electron chi connectivity index (χ1n) is 12.2. The van der Waals surface area contributed by atoms with Crippen molar-refractivity contribution in [3.05, 3.63) is 29.8 Å². The number of benzene rings is 1. The first-order valence-corrected chi connectivity index (χ1v) is 12.2. The molecule has 4 aliphatic rings. The zero-order valence-electron chi connectivity index (χ0n) is 20.0. The van der Waals surface area contributed by atoms with Gasteiger partial charge in [-0.1, -0.05) is 12.1 Å². The molecule has 4 bridgehead atoms. The minimum absolute atomic E-state index is 0.117. The molecule has 4 aliphatic carbocycles.